The van der Waals surface area contributed by atoms with Gasteiger partial charge in [-0.1, -0.05) is 0 Å². The van der Waals surface area contributed by atoms with Crippen LogP contribution in [0.4, 0.5) is 5.82 Å². The Kier molecular flexibility index (Phi) is 3.56. The average Bonchev–Trinajstić information content (AvgIpc) is 2.67. The molecule has 0 bridgehead atoms. The van der Waals surface area contributed by atoms with Gasteiger partial charge in [-0.05, 0) is 24.8 Å². The van der Waals surface area contributed by atoms with Gasteiger partial charge in [0.05, 0.1) is 18.1 Å². The Morgan fingerprint density at radius 3 is 2.88 bits per heavy atom. The summed E-state index contributed by atoms with van der Waals surface area (Å²) in [5.41, 5.74) is 1.12. The van der Waals surface area contributed by atoms with Gasteiger partial charge < -0.3 is 15.5 Å². The highest BCUT2D eigenvalue weighted by Crippen LogP contribution is 2.29. The van der Waals surface area contributed by atoms with Gasteiger partial charge in [0, 0.05) is 6.54 Å². The first-order chi connectivity index (χ1) is 8.11. The molecule has 5 nitrogen and oxygen atoms in total. The van der Waals surface area contributed by atoms with Crippen LogP contribution < -0.4 is 5.32 Å². The Bertz CT molecular complexity index is 527. The third-order valence-corrected chi connectivity index (χ3v) is 3.44. The zero-order valence-electron chi connectivity index (χ0n) is 9.77. The first-order valence-corrected chi connectivity index (χ1v) is 6.25. The number of fused-ring (bicyclic) bond motifs is 1. The minimum atomic E-state index is -0.778. The number of hydrogen-bond acceptors (Lipinski definition) is 6. The highest BCUT2D eigenvalue weighted by atomic mass is 32.1. The fraction of sp³-hybridized carbons (Fsp3) is 0.455. The molecule has 0 fully saturated rings. The Hall–Kier alpha value is -1.24. The van der Waals surface area contributed by atoms with Crippen LogP contribution in [0.15, 0.2) is 5.38 Å². The highest BCUT2D eigenvalue weighted by molar-refractivity contribution is 7.17. The lowest BCUT2D eigenvalue weighted by Crippen LogP contribution is -2.23. The first-order valence-electron chi connectivity index (χ1n) is 5.37. The second-order valence-corrected chi connectivity index (χ2v) is 4.79. The molecule has 2 heterocycles. The molecule has 0 aliphatic carbocycles. The van der Waals surface area contributed by atoms with Crippen molar-refractivity contribution >= 4 is 27.4 Å². The maximum atomic E-state index is 9.33. The van der Waals surface area contributed by atoms with Crippen molar-refractivity contribution in [3.63, 3.8) is 0 Å². The Morgan fingerprint density at radius 2 is 2.18 bits per heavy atom. The summed E-state index contributed by atoms with van der Waals surface area (Å²) in [4.78, 5) is 9.63. The zero-order chi connectivity index (χ0) is 12.4. The summed E-state index contributed by atoms with van der Waals surface area (Å²) >= 11 is 1.58. The molecule has 2 aromatic rings. The van der Waals surface area contributed by atoms with Crippen LogP contribution in [0.3, 0.4) is 0 Å². The molecule has 1 atom stereocenters. The van der Waals surface area contributed by atoms with E-state index in [1.54, 1.807) is 11.3 Å². The van der Waals surface area contributed by atoms with Crippen LogP contribution in [-0.2, 0) is 0 Å². The van der Waals surface area contributed by atoms with Crippen molar-refractivity contribution in [2.45, 2.75) is 20.0 Å². The van der Waals surface area contributed by atoms with Gasteiger partial charge >= 0.3 is 0 Å². The second-order valence-electron chi connectivity index (χ2n) is 3.94. The number of anilines is 1. The molecule has 0 aromatic carbocycles. The molecule has 2 rings (SSSR count). The standard InChI is InChI=1S/C11H15N3O2S/c1-6-5-17-11-9(6)10(13-7(2)14-11)12-3-8(16)4-15/h5,8,15-16H,3-4H2,1-2H3,(H,12,13,14)/t8-/m1/s1. The third kappa shape index (κ3) is 2.54. The number of nitrogens with zero attached hydrogens (tertiary/aromatic N) is 2. The van der Waals surface area contributed by atoms with Crippen LogP contribution in [-0.4, -0.2) is 39.4 Å². The van der Waals surface area contributed by atoms with E-state index in [0.29, 0.717) is 5.82 Å². The molecule has 2 aromatic heterocycles. The van der Waals surface area contributed by atoms with Crippen molar-refractivity contribution in [3.05, 3.63) is 16.8 Å². The summed E-state index contributed by atoms with van der Waals surface area (Å²) in [6.45, 7) is 3.85. The second kappa shape index (κ2) is 4.95. The Morgan fingerprint density at radius 1 is 1.41 bits per heavy atom. The molecular weight excluding hydrogens is 238 g/mol. The molecule has 0 aliphatic rings. The predicted octanol–water partition coefficient (Wildman–Crippen LogP) is 1.07. The van der Waals surface area contributed by atoms with Crippen molar-refractivity contribution in [1.29, 1.82) is 0 Å². The van der Waals surface area contributed by atoms with E-state index in [2.05, 4.69) is 15.3 Å². The zero-order valence-corrected chi connectivity index (χ0v) is 10.6. The molecule has 0 amide bonds. The molecular formula is C11H15N3O2S. The molecule has 0 saturated heterocycles. The van der Waals surface area contributed by atoms with Gasteiger partial charge in [-0.3, -0.25) is 0 Å². The molecule has 17 heavy (non-hydrogen) atoms. The SMILES string of the molecule is Cc1nc(NC[C@@H](O)CO)c2c(C)csc2n1. The minimum Gasteiger partial charge on any atom is -0.394 e. The topological polar surface area (TPSA) is 78.3 Å². The maximum Gasteiger partial charge on any atom is 0.138 e. The number of aromatic nitrogens is 2. The highest BCUT2D eigenvalue weighted by Gasteiger charge is 2.11. The molecule has 0 spiro atoms. The van der Waals surface area contributed by atoms with E-state index in [9.17, 15) is 5.11 Å². The predicted molar refractivity (Wildman–Crippen MR) is 68.5 cm³/mol. The van der Waals surface area contributed by atoms with Gasteiger partial charge in [-0.2, -0.15) is 0 Å². The largest absolute Gasteiger partial charge is 0.394 e. The van der Waals surface area contributed by atoms with E-state index >= 15 is 0 Å². The first kappa shape index (κ1) is 12.2. The third-order valence-electron chi connectivity index (χ3n) is 2.45. The number of aryl methyl sites for hydroxylation is 2. The lowest BCUT2D eigenvalue weighted by Gasteiger charge is -2.11. The molecule has 0 radical (unpaired) electrons. The van der Waals surface area contributed by atoms with Gasteiger partial charge in [-0.15, -0.1) is 11.3 Å². The lowest BCUT2D eigenvalue weighted by atomic mass is 10.2. The van der Waals surface area contributed by atoms with Gasteiger partial charge in [0.25, 0.3) is 0 Å². The smallest absolute Gasteiger partial charge is 0.138 e. The number of aliphatic hydroxyl groups excluding tert-OH is 2. The monoisotopic (exact) mass is 253 g/mol. The van der Waals surface area contributed by atoms with Crippen molar-refractivity contribution < 1.29 is 10.2 Å². The molecule has 92 valence electrons. The van der Waals surface area contributed by atoms with Crippen LogP contribution in [0, 0.1) is 13.8 Å². The number of rotatable bonds is 4. The fourth-order valence-corrected chi connectivity index (χ4v) is 2.56. The van der Waals surface area contributed by atoms with Gasteiger partial charge in [0.15, 0.2) is 0 Å². The number of hydrogen-bond donors (Lipinski definition) is 3. The number of thiophene rings is 1. The average molecular weight is 253 g/mol. The summed E-state index contributed by atoms with van der Waals surface area (Å²) in [6.07, 6.45) is -0.778. The number of nitrogens with one attached hydrogen (secondary N) is 1. The van der Waals surface area contributed by atoms with E-state index in [1.165, 1.54) is 0 Å². The van der Waals surface area contributed by atoms with Crippen molar-refractivity contribution in [3.8, 4) is 0 Å². The van der Waals surface area contributed by atoms with E-state index in [4.69, 9.17) is 5.11 Å². The van der Waals surface area contributed by atoms with E-state index in [1.807, 2.05) is 19.2 Å². The van der Waals surface area contributed by atoms with Crippen molar-refractivity contribution in [2.75, 3.05) is 18.5 Å². The maximum absolute atomic E-state index is 9.33. The van der Waals surface area contributed by atoms with Crippen LogP contribution >= 0.6 is 11.3 Å². The van der Waals surface area contributed by atoms with Crippen LogP contribution in [0.5, 0.6) is 0 Å². The molecule has 3 N–H and O–H groups in total. The van der Waals surface area contributed by atoms with E-state index in [-0.39, 0.29) is 13.2 Å². The minimum absolute atomic E-state index is 0.261. The molecule has 6 heteroatoms. The summed E-state index contributed by atoms with van der Waals surface area (Å²) in [6, 6.07) is 0. The summed E-state index contributed by atoms with van der Waals surface area (Å²) in [7, 11) is 0. The van der Waals surface area contributed by atoms with Gasteiger partial charge in [0.2, 0.25) is 0 Å². The van der Waals surface area contributed by atoms with Crippen LogP contribution in [0.2, 0.25) is 0 Å². The summed E-state index contributed by atoms with van der Waals surface area (Å²) < 4.78 is 0. The van der Waals surface area contributed by atoms with Crippen LogP contribution in [0.25, 0.3) is 10.2 Å². The molecule has 0 aliphatic heterocycles. The molecule has 0 saturated carbocycles. The van der Waals surface area contributed by atoms with Crippen molar-refractivity contribution in [2.24, 2.45) is 0 Å². The van der Waals surface area contributed by atoms with Crippen LogP contribution in [0.1, 0.15) is 11.4 Å². The lowest BCUT2D eigenvalue weighted by molar-refractivity contribution is 0.105. The summed E-state index contributed by atoms with van der Waals surface area (Å²) in [5.74, 6) is 1.42. The Labute approximate surface area is 103 Å². The van der Waals surface area contributed by atoms with E-state index < -0.39 is 6.10 Å². The number of aliphatic hydroxyl groups is 2. The normalized spacial score (nSPS) is 12.9. The van der Waals surface area contributed by atoms with E-state index in [0.717, 1.165) is 21.6 Å². The molecule has 0 unspecified atom stereocenters. The fourth-order valence-electron chi connectivity index (χ4n) is 1.60. The summed E-state index contributed by atoms with van der Waals surface area (Å²) in [5, 5.41) is 24.2. The van der Waals surface area contributed by atoms with Crippen molar-refractivity contribution in [1.82, 2.24) is 9.97 Å². The Balaban J connectivity index is 2.34. The van der Waals surface area contributed by atoms with Gasteiger partial charge in [0.1, 0.15) is 16.5 Å². The quantitative estimate of drug-likeness (QED) is 0.759. The van der Waals surface area contributed by atoms with Gasteiger partial charge in [-0.25, -0.2) is 9.97 Å².